The normalized spacial score (nSPS) is 15.2. The Morgan fingerprint density at radius 3 is 2.11 bits per heavy atom. The maximum atomic E-state index is 10.1. The molecule has 0 heterocycles. The number of carboxylic acids is 1. The summed E-state index contributed by atoms with van der Waals surface area (Å²) < 4.78 is 0. The summed E-state index contributed by atoms with van der Waals surface area (Å²) in [7, 11) is 0. The molecule has 0 rings (SSSR count). The van der Waals surface area contributed by atoms with Gasteiger partial charge in [-0.05, 0) is 13.8 Å². The summed E-state index contributed by atoms with van der Waals surface area (Å²) >= 11 is 0. The summed E-state index contributed by atoms with van der Waals surface area (Å²) in [4.78, 5) is 10.1. The molecule has 0 aliphatic carbocycles. The van der Waals surface area contributed by atoms with Crippen LogP contribution in [0, 0.1) is 0 Å². The number of carbonyl (C=O) groups is 1. The number of hydrogen-bond donors (Lipinski definition) is 2. The number of aliphatic hydroxyl groups excluding tert-OH is 1. The average Bonchev–Trinajstić information content (AvgIpc) is 1.64. The molecular weight excluding hydrogens is 120 g/mol. The smallest absolute Gasteiger partial charge is 0.333 e. The van der Waals surface area contributed by atoms with E-state index in [0.717, 1.165) is 0 Å². The highest BCUT2D eigenvalue weighted by Crippen LogP contribution is 1.99. The molecule has 0 fully saturated rings. The van der Waals surface area contributed by atoms with Crippen molar-refractivity contribution in [3.8, 4) is 0 Å². The lowest BCUT2D eigenvalue weighted by atomic mass is 10.1. The van der Waals surface area contributed by atoms with E-state index < -0.39 is 12.1 Å². The number of allylic oxidation sites excluding steroid dienone is 1. The van der Waals surface area contributed by atoms with Crippen molar-refractivity contribution in [2.24, 2.45) is 0 Å². The zero-order chi connectivity index (χ0) is 7.44. The van der Waals surface area contributed by atoms with Crippen LogP contribution in [-0.2, 0) is 4.79 Å². The topological polar surface area (TPSA) is 57.5 Å². The Morgan fingerprint density at radius 2 is 2.11 bits per heavy atom. The molecule has 3 heteroatoms. The van der Waals surface area contributed by atoms with Gasteiger partial charge in [-0.25, -0.2) is 4.79 Å². The second-order valence-corrected chi connectivity index (χ2v) is 1.73. The monoisotopic (exact) mass is 130 g/mol. The van der Waals surface area contributed by atoms with Crippen LogP contribution in [-0.4, -0.2) is 22.3 Å². The Morgan fingerprint density at radius 1 is 1.67 bits per heavy atom. The van der Waals surface area contributed by atoms with Crippen molar-refractivity contribution >= 4 is 5.97 Å². The van der Waals surface area contributed by atoms with Gasteiger partial charge in [0.25, 0.3) is 0 Å². The molecular formula is C6H10O3. The highest BCUT2D eigenvalue weighted by Gasteiger charge is 2.10. The second kappa shape index (κ2) is 3.25. The van der Waals surface area contributed by atoms with Crippen LogP contribution in [0.3, 0.4) is 0 Å². The lowest BCUT2D eigenvalue weighted by molar-refractivity contribution is -0.133. The van der Waals surface area contributed by atoms with Gasteiger partial charge >= 0.3 is 5.97 Å². The van der Waals surface area contributed by atoms with Gasteiger partial charge in [0, 0.05) is 0 Å². The highest BCUT2D eigenvalue weighted by molar-refractivity contribution is 5.87. The van der Waals surface area contributed by atoms with Crippen LogP contribution in [0.5, 0.6) is 0 Å². The standard InChI is InChI=1S/C6H10O3/c1-3-5(4(2)7)6(8)9/h3-4,7H,1-2H3,(H,8,9). The quantitative estimate of drug-likeness (QED) is 0.532. The average molecular weight is 130 g/mol. The molecule has 0 saturated heterocycles. The van der Waals surface area contributed by atoms with Crippen LogP contribution in [0.2, 0.25) is 0 Å². The van der Waals surface area contributed by atoms with E-state index in [2.05, 4.69) is 0 Å². The number of aliphatic hydroxyl groups is 1. The minimum atomic E-state index is -1.06. The van der Waals surface area contributed by atoms with E-state index in [1.807, 2.05) is 0 Å². The molecule has 0 aromatic heterocycles. The molecule has 0 spiro atoms. The SMILES string of the molecule is CC=C(C(=O)O)C(C)O. The maximum absolute atomic E-state index is 10.1. The summed E-state index contributed by atoms with van der Waals surface area (Å²) in [6, 6.07) is 0. The Labute approximate surface area is 53.6 Å². The van der Waals surface area contributed by atoms with Crippen molar-refractivity contribution < 1.29 is 15.0 Å². The van der Waals surface area contributed by atoms with Crippen LogP contribution in [0.1, 0.15) is 13.8 Å². The third-order valence-corrected chi connectivity index (χ3v) is 1.01. The van der Waals surface area contributed by atoms with Gasteiger partial charge in [0.15, 0.2) is 0 Å². The molecule has 0 radical (unpaired) electrons. The van der Waals surface area contributed by atoms with Gasteiger partial charge in [0.05, 0.1) is 11.7 Å². The summed E-state index contributed by atoms with van der Waals surface area (Å²) in [6.07, 6.45) is 0.500. The summed E-state index contributed by atoms with van der Waals surface area (Å²) in [5, 5.41) is 17.0. The number of hydrogen-bond acceptors (Lipinski definition) is 2. The van der Waals surface area contributed by atoms with Crippen molar-refractivity contribution in [3.05, 3.63) is 11.6 Å². The minimum absolute atomic E-state index is 0.0370. The van der Waals surface area contributed by atoms with Gasteiger partial charge in [0.2, 0.25) is 0 Å². The lowest BCUT2D eigenvalue weighted by Gasteiger charge is -2.01. The molecule has 0 aliphatic heterocycles. The molecule has 9 heavy (non-hydrogen) atoms. The molecule has 0 aromatic carbocycles. The van der Waals surface area contributed by atoms with Crippen LogP contribution >= 0.6 is 0 Å². The zero-order valence-electron chi connectivity index (χ0n) is 5.46. The molecule has 1 atom stereocenters. The highest BCUT2D eigenvalue weighted by atomic mass is 16.4. The number of rotatable bonds is 2. The minimum Gasteiger partial charge on any atom is -0.478 e. The second-order valence-electron chi connectivity index (χ2n) is 1.73. The fourth-order valence-electron chi connectivity index (χ4n) is 0.543. The van der Waals surface area contributed by atoms with Crippen LogP contribution in [0.4, 0.5) is 0 Å². The maximum Gasteiger partial charge on any atom is 0.333 e. The van der Waals surface area contributed by atoms with Crippen molar-refractivity contribution in [2.45, 2.75) is 20.0 Å². The fraction of sp³-hybridized carbons (Fsp3) is 0.500. The molecule has 1 unspecified atom stereocenters. The van der Waals surface area contributed by atoms with E-state index in [1.165, 1.54) is 13.0 Å². The van der Waals surface area contributed by atoms with Gasteiger partial charge in [-0.2, -0.15) is 0 Å². The molecule has 0 aliphatic rings. The molecule has 0 bridgehead atoms. The molecule has 0 saturated carbocycles. The van der Waals surface area contributed by atoms with E-state index >= 15 is 0 Å². The molecule has 3 nitrogen and oxygen atoms in total. The van der Waals surface area contributed by atoms with E-state index in [9.17, 15) is 4.79 Å². The number of carboxylic acid groups (broad SMARTS) is 1. The largest absolute Gasteiger partial charge is 0.478 e. The van der Waals surface area contributed by atoms with E-state index in [4.69, 9.17) is 10.2 Å². The third kappa shape index (κ3) is 2.28. The Hall–Kier alpha value is -0.830. The predicted octanol–water partition coefficient (Wildman–Crippen LogP) is 0.398. The Kier molecular flexibility index (Phi) is 2.95. The van der Waals surface area contributed by atoms with Gasteiger partial charge in [-0.3, -0.25) is 0 Å². The van der Waals surface area contributed by atoms with E-state index in [0.29, 0.717) is 0 Å². The summed E-state index contributed by atoms with van der Waals surface area (Å²) in [5.74, 6) is -1.06. The van der Waals surface area contributed by atoms with Gasteiger partial charge in [-0.1, -0.05) is 6.08 Å². The van der Waals surface area contributed by atoms with Crippen molar-refractivity contribution in [2.75, 3.05) is 0 Å². The summed E-state index contributed by atoms with van der Waals surface area (Å²) in [5.41, 5.74) is 0.0370. The Balaban J connectivity index is 4.19. The van der Waals surface area contributed by atoms with Crippen molar-refractivity contribution in [1.82, 2.24) is 0 Å². The van der Waals surface area contributed by atoms with Crippen LogP contribution < -0.4 is 0 Å². The van der Waals surface area contributed by atoms with Gasteiger partial charge in [-0.15, -0.1) is 0 Å². The van der Waals surface area contributed by atoms with Crippen LogP contribution in [0.15, 0.2) is 11.6 Å². The first kappa shape index (κ1) is 8.17. The predicted molar refractivity (Wildman–Crippen MR) is 33.1 cm³/mol. The van der Waals surface area contributed by atoms with Gasteiger partial charge in [0.1, 0.15) is 0 Å². The summed E-state index contributed by atoms with van der Waals surface area (Å²) in [6.45, 7) is 3.00. The van der Waals surface area contributed by atoms with Gasteiger partial charge < -0.3 is 10.2 Å². The van der Waals surface area contributed by atoms with E-state index in [-0.39, 0.29) is 5.57 Å². The number of aliphatic carboxylic acids is 1. The molecule has 0 aromatic rings. The zero-order valence-corrected chi connectivity index (χ0v) is 5.46. The van der Waals surface area contributed by atoms with Crippen LogP contribution in [0.25, 0.3) is 0 Å². The van der Waals surface area contributed by atoms with Crippen molar-refractivity contribution in [3.63, 3.8) is 0 Å². The van der Waals surface area contributed by atoms with Crippen molar-refractivity contribution in [1.29, 1.82) is 0 Å². The first-order valence-electron chi connectivity index (χ1n) is 2.67. The first-order valence-corrected chi connectivity index (χ1v) is 2.67. The molecule has 52 valence electrons. The molecule has 0 amide bonds. The Bertz CT molecular complexity index is 135. The third-order valence-electron chi connectivity index (χ3n) is 1.01. The van der Waals surface area contributed by atoms with E-state index in [1.54, 1.807) is 6.92 Å². The molecule has 2 N–H and O–H groups in total. The lowest BCUT2D eigenvalue weighted by Crippen LogP contribution is -2.13. The first-order chi connectivity index (χ1) is 4.09. The fourth-order valence-corrected chi connectivity index (χ4v) is 0.543.